The third kappa shape index (κ3) is 3.40. The number of hydrogen-bond donors (Lipinski definition) is 3. The molecule has 112 valence electrons. The van der Waals surface area contributed by atoms with Crippen molar-refractivity contribution < 1.29 is 18.3 Å². The molecule has 0 radical (unpaired) electrons. The van der Waals surface area contributed by atoms with Crippen molar-refractivity contribution in [2.75, 3.05) is 5.32 Å². The molecule has 1 amide bonds. The molecule has 1 heterocycles. The highest BCUT2D eigenvalue weighted by molar-refractivity contribution is 9.10. The second kappa shape index (κ2) is 5.47. The van der Waals surface area contributed by atoms with Crippen molar-refractivity contribution >= 4 is 37.7 Å². The number of aromatic nitrogens is 2. The number of nitrogens with zero attached hydrogens (tertiary/aromatic N) is 2. The maximum absolute atomic E-state index is 12.0. The predicted octanol–water partition coefficient (Wildman–Crippen LogP) is 0.788. The van der Waals surface area contributed by atoms with Gasteiger partial charge in [0.15, 0.2) is 5.82 Å². The minimum absolute atomic E-state index is 0.115. The van der Waals surface area contributed by atoms with Crippen LogP contribution in [0.25, 0.3) is 0 Å². The molecule has 21 heavy (non-hydrogen) atoms. The van der Waals surface area contributed by atoms with Gasteiger partial charge in [-0.3, -0.25) is 9.48 Å². The molecule has 2 aromatic rings. The average Bonchev–Trinajstić information content (AvgIpc) is 2.73. The van der Waals surface area contributed by atoms with Crippen molar-refractivity contribution in [1.82, 2.24) is 9.78 Å². The first-order valence-electron chi connectivity index (χ1n) is 5.55. The van der Waals surface area contributed by atoms with E-state index in [0.717, 1.165) is 0 Å². The van der Waals surface area contributed by atoms with Gasteiger partial charge >= 0.3 is 0 Å². The number of phenols is 1. The number of aromatic hydroxyl groups is 1. The van der Waals surface area contributed by atoms with Crippen LogP contribution in [0.2, 0.25) is 0 Å². The number of benzene rings is 1. The lowest BCUT2D eigenvalue weighted by Gasteiger charge is -2.05. The maximum Gasteiger partial charge on any atom is 0.257 e. The highest BCUT2D eigenvalue weighted by Crippen LogP contribution is 2.25. The van der Waals surface area contributed by atoms with Crippen molar-refractivity contribution in [1.29, 1.82) is 0 Å². The molecule has 0 bridgehead atoms. The smallest absolute Gasteiger partial charge is 0.257 e. The summed E-state index contributed by atoms with van der Waals surface area (Å²) in [6.45, 7) is 0. The number of nitrogens with one attached hydrogen (secondary N) is 1. The van der Waals surface area contributed by atoms with Gasteiger partial charge in [-0.05, 0) is 34.1 Å². The van der Waals surface area contributed by atoms with E-state index in [9.17, 15) is 18.3 Å². The molecule has 1 aromatic heterocycles. The molecule has 0 fully saturated rings. The number of primary sulfonamides is 1. The molecule has 0 aliphatic rings. The molecule has 1 aromatic carbocycles. The second-order valence-electron chi connectivity index (χ2n) is 4.18. The van der Waals surface area contributed by atoms with E-state index < -0.39 is 15.9 Å². The van der Waals surface area contributed by atoms with Crippen LogP contribution in [0, 0.1) is 0 Å². The van der Waals surface area contributed by atoms with Crippen LogP contribution in [0.5, 0.6) is 5.75 Å². The van der Waals surface area contributed by atoms with Crippen LogP contribution in [0.3, 0.4) is 0 Å². The first kappa shape index (κ1) is 15.5. The van der Waals surface area contributed by atoms with E-state index in [1.54, 1.807) is 0 Å². The second-order valence-corrected chi connectivity index (χ2v) is 6.57. The number of aryl methyl sites for hydroxylation is 1. The van der Waals surface area contributed by atoms with Gasteiger partial charge in [0.1, 0.15) is 10.6 Å². The zero-order valence-corrected chi connectivity index (χ0v) is 13.1. The Hall–Kier alpha value is -1.91. The van der Waals surface area contributed by atoms with Gasteiger partial charge in [-0.25, -0.2) is 13.6 Å². The molecule has 2 rings (SSSR count). The average molecular weight is 375 g/mol. The van der Waals surface area contributed by atoms with Gasteiger partial charge in [-0.2, -0.15) is 5.10 Å². The summed E-state index contributed by atoms with van der Waals surface area (Å²) in [5, 5.41) is 20.8. The number of carbonyl (C=O) groups is 1. The molecule has 0 saturated heterocycles. The number of rotatable bonds is 3. The zero-order chi connectivity index (χ0) is 15.8. The molecule has 0 atom stereocenters. The fourth-order valence-electron chi connectivity index (χ4n) is 1.60. The fourth-order valence-corrected chi connectivity index (χ4v) is 2.50. The topological polar surface area (TPSA) is 127 Å². The normalized spacial score (nSPS) is 11.4. The summed E-state index contributed by atoms with van der Waals surface area (Å²) in [5.41, 5.74) is 0.140. The number of phenolic OH excluding ortho intramolecular Hbond substituents is 1. The van der Waals surface area contributed by atoms with Gasteiger partial charge in [-0.1, -0.05) is 0 Å². The largest absolute Gasteiger partial charge is 0.507 e. The van der Waals surface area contributed by atoms with Crippen LogP contribution in [0.1, 0.15) is 10.4 Å². The van der Waals surface area contributed by atoms with Crippen LogP contribution in [-0.2, 0) is 17.1 Å². The van der Waals surface area contributed by atoms with E-state index in [0.29, 0.717) is 4.47 Å². The fraction of sp³-hybridized carbons (Fsp3) is 0.0909. The Balaban J connectivity index is 2.34. The van der Waals surface area contributed by atoms with Gasteiger partial charge < -0.3 is 10.4 Å². The lowest BCUT2D eigenvalue weighted by molar-refractivity contribution is 0.102. The van der Waals surface area contributed by atoms with Crippen LogP contribution in [0.4, 0.5) is 5.82 Å². The summed E-state index contributed by atoms with van der Waals surface area (Å²) in [5.74, 6) is -0.913. The molecule has 0 aliphatic heterocycles. The van der Waals surface area contributed by atoms with Gasteiger partial charge in [0.05, 0.1) is 4.47 Å². The van der Waals surface area contributed by atoms with E-state index in [1.807, 2.05) is 0 Å². The van der Waals surface area contributed by atoms with Gasteiger partial charge in [0.25, 0.3) is 5.91 Å². The summed E-state index contributed by atoms with van der Waals surface area (Å²) >= 11 is 3.09. The molecule has 10 heteroatoms. The summed E-state index contributed by atoms with van der Waals surface area (Å²) in [4.78, 5) is 11.8. The van der Waals surface area contributed by atoms with Crippen LogP contribution < -0.4 is 10.5 Å². The first-order valence-corrected chi connectivity index (χ1v) is 7.88. The van der Waals surface area contributed by atoms with Gasteiger partial charge in [0.2, 0.25) is 10.0 Å². The number of amides is 1. The number of sulfonamides is 1. The Morgan fingerprint density at radius 1 is 1.48 bits per heavy atom. The molecule has 4 N–H and O–H groups in total. The number of hydrogen-bond acceptors (Lipinski definition) is 5. The maximum atomic E-state index is 12.0. The van der Waals surface area contributed by atoms with Crippen molar-refractivity contribution in [3.63, 3.8) is 0 Å². The van der Waals surface area contributed by atoms with E-state index in [1.165, 1.54) is 36.1 Å². The summed E-state index contributed by atoms with van der Waals surface area (Å²) in [6, 6.07) is 4.18. The van der Waals surface area contributed by atoms with Crippen molar-refractivity contribution in [3.05, 3.63) is 34.4 Å². The van der Waals surface area contributed by atoms with Crippen LogP contribution in [-0.4, -0.2) is 29.2 Å². The predicted molar refractivity (Wildman–Crippen MR) is 78.3 cm³/mol. The molecular weight excluding hydrogens is 364 g/mol. The molecule has 0 aliphatic carbocycles. The third-order valence-electron chi connectivity index (χ3n) is 2.54. The monoisotopic (exact) mass is 374 g/mol. The summed E-state index contributed by atoms with van der Waals surface area (Å²) in [6.07, 6.45) is 1.18. The highest BCUT2D eigenvalue weighted by atomic mass is 79.9. The van der Waals surface area contributed by atoms with Crippen molar-refractivity contribution in [2.45, 2.75) is 4.90 Å². The lowest BCUT2D eigenvalue weighted by atomic mass is 10.2. The quantitative estimate of drug-likeness (QED) is 0.731. The Labute approximate surface area is 128 Å². The number of anilines is 1. The zero-order valence-electron chi connectivity index (χ0n) is 10.7. The molecular formula is C11H11BrN4O4S. The van der Waals surface area contributed by atoms with E-state index >= 15 is 0 Å². The standard InChI is InChI=1S/C11H11BrN4O4S/c1-16-5-9(21(13,19)20)10(15-16)14-11(18)6-2-3-7(12)8(17)4-6/h2-5,17H,1H3,(H2,13,19,20)(H,14,15,18). The molecule has 8 nitrogen and oxygen atoms in total. The minimum atomic E-state index is -4.01. The van der Waals surface area contributed by atoms with Gasteiger partial charge in [0, 0.05) is 18.8 Å². The Bertz CT molecular complexity index is 816. The Morgan fingerprint density at radius 2 is 2.14 bits per heavy atom. The number of carbonyl (C=O) groups excluding carboxylic acids is 1. The summed E-state index contributed by atoms with van der Waals surface area (Å²) < 4.78 is 24.5. The lowest BCUT2D eigenvalue weighted by Crippen LogP contribution is -2.17. The van der Waals surface area contributed by atoms with E-state index in [4.69, 9.17) is 5.14 Å². The van der Waals surface area contributed by atoms with Crippen LogP contribution in [0.15, 0.2) is 33.8 Å². The van der Waals surface area contributed by atoms with Crippen LogP contribution >= 0.6 is 15.9 Å². The Morgan fingerprint density at radius 3 is 2.71 bits per heavy atom. The first-order chi connectivity index (χ1) is 9.68. The third-order valence-corrected chi connectivity index (χ3v) is 4.12. The SMILES string of the molecule is Cn1cc(S(N)(=O)=O)c(NC(=O)c2ccc(Br)c(O)c2)n1. The Kier molecular flexibility index (Phi) is 4.03. The van der Waals surface area contributed by atoms with Crippen molar-refractivity contribution in [3.8, 4) is 5.75 Å². The number of nitrogens with two attached hydrogens (primary N) is 1. The van der Waals surface area contributed by atoms with E-state index in [2.05, 4.69) is 26.3 Å². The number of halogens is 1. The molecule has 0 saturated carbocycles. The highest BCUT2D eigenvalue weighted by Gasteiger charge is 2.20. The minimum Gasteiger partial charge on any atom is -0.507 e. The van der Waals surface area contributed by atoms with Crippen molar-refractivity contribution in [2.24, 2.45) is 12.2 Å². The summed E-state index contributed by atoms with van der Waals surface area (Å²) in [7, 11) is -2.51. The molecule has 0 unspecified atom stereocenters. The van der Waals surface area contributed by atoms with E-state index in [-0.39, 0.29) is 22.0 Å². The molecule has 0 spiro atoms. The van der Waals surface area contributed by atoms with Gasteiger partial charge in [-0.15, -0.1) is 0 Å².